The molecule has 14 aromatic rings. The molecule has 15 rings (SSSR count). The van der Waals surface area contributed by atoms with Gasteiger partial charge in [-0.15, -0.1) is 0 Å². The highest BCUT2D eigenvalue weighted by atomic mass is 15.3. The molecule has 10 aromatic carbocycles. The van der Waals surface area contributed by atoms with E-state index in [-0.39, 0.29) is 0 Å². The SMILES string of the molecule is c1ccc(-c2c(-n3c4ccccc4c4ccccc43)c(N3c4ccccc4N(c4ccccc4)c4ccccc43)nc(-n3c4ccccc4c4ccccc43)c2-n2c3ccccc3c3ccccc32)cc1. The smallest absolute Gasteiger partial charge is 0.165 e. The zero-order valence-corrected chi connectivity index (χ0v) is 38.4. The van der Waals surface area contributed by atoms with Crippen LogP contribution in [0.3, 0.4) is 0 Å². The Bertz CT molecular complexity index is 4220. The largest absolute Gasteiger partial charge is 0.306 e. The quantitative estimate of drug-likeness (QED) is 0.167. The van der Waals surface area contributed by atoms with Gasteiger partial charge in [-0.2, -0.15) is 0 Å². The highest BCUT2D eigenvalue weighted by Crippen LogP contribution is 2.57. The van der Waals surface area contributed by atoms with Crippen LogP contribution in [0.25, 0.3) is 93.7 Å². The molecular formula is C65H42N6. The molecule has 0 atom stereocenters. The van der Waals surface area contributed by atoms with Crippen LogP contribution in [0.1, 0.15) is 0 Å². The van der Waals surface area contributed by atoms with Gasteiger partial charge >= 0.3 is 0 Å². The van der Waals surface area contributed by atoms with Crippen molar-refractivity contribution in [2.24, 2.45) is 0 Å². The van der Waals surface area contributed by atoms with Crippen molar-refractivity contribution in [2.45, 2.75) is 0 Å². The summed E-state index contributed by atoms with van der Waals surface area (Å²) in [5.74, 6) is 1.61. The molecule has 0 radical (unpaired) electrons. The zero-order valence-electron chi connectivity index (χ0n) is 38.4. The van der Waals surface area contributed by atoms with Gasteiger partial charge in [-0.1, -0.05) is 182 Å². The number of rotatable bonds is 6. The lowest BCUT2D eigenvalue weighted by Gasteiger charge is -2.41. The highest BCUT2D eigenvalue weighted by molar-refractivity contribution is 6.15. The van der Waals surface area contributed by atoms with Crippen LogP contribution in [0, 0.1) is 0 Å². The van der Waals surface area contributed by atoms with Gasteiger partial charge in [-0.3, -0.25) is 9.47 Å². The third-order valence-corrected chi connectivity index (χ3v) is 14.5. The van der Waals surface area contributed by atoms with Crippen LogP contribution in [0.2, 0.25) is 0 Å². The molecule has 0 saturated carbocycles. The maximum atomic E-state index is 6.39. The van der Waals surface area contributed by atoms with E-state index in [0.29, 0.717) is 0 Å². The number of anilines is 6. The average Bonchev–Trinajstić information content (AvgIpc) is 4.08. The predicted molar refractivity (Wildman–Crippen MR) is 296 cm³/mol. The van der Waals surface area contributed by atoms with Crippen molar-refractivity contribution >= 4 is 99.7 Å². The summed E-state index contributed by atoms with van der Waals surface area (Å²) in [5.41, 5.74) is 15.8. The molecule has 1 aliphatic heterocycles. The molecule has 0 spiro atoms. The minimum Gasteiger partial charge on any atom is -0.306 e. The number of benzene rings is 10. The van der Waals surface area contributed by atoms with Crippen molar-refractivity contribution in [2.75, 3.05) is 9.80 Å². The fraction of sp³-hybridized carbons (Fsp3) is 0. The van der Waals surface area contributed by atoms with E-state index in [4.69, 9.17) is 4.98 Å². The summed E-state index contributed by atoms with van der Waals surface area (Å²) in [4.78, 5) is 11.2. The zero-order chi connectivity index (χ0) is 46.6. The summed E-state index contributed by atoms with van der Waals surface area (Å²) >= 11 is 0. The molecule has 71 heavy (non-hydrogen) atoms. The van der Waals surface area contributed by atoms with Crippen molar-refractivity contribution < 1.29 is 0 Å². The van der Waals surface area contributed by atoms with Gasteiger partial charge < -0.3 is 14.0 Å². The van der Waals surface area contributed by atoms with Gasteiger partial charge in [0.2, 0.25) is 0 Å². The van der Waals surface area contributed by atoms with Crippen LogP contribution < -0.4 is 9.80 Å². The van der Waals surface area contributed by atoms with E-state index in [9.17, 15) is 0 Å². The number of fused-ring (bicyclic) bond motifs is 11. The maximum Gasteiger partial charge on any atom is 0.165 e. The predicted octanol–water partition coefficient (Wildman–Crippen LogP) is 17.3. The van der Waals surface area contributed by atoms with E-state index in [1.165, 1.54) is 32.3 Å². The van der Waals surface area contributed by atoms with Crippen LogP contribution in [0.4, 0.5) is 34.3 Å². The Morgan fingerprint density at radius 3 is 0.930 bits per heavy atom. The maximum absolute atomic E-state index is 6.39. The second-order valence-corrected chi connectivity index (χ2v) is 18.3. The standard InChI is InChI=1S/C65H42N6/c1-3-23-43(24-4-1)61-62(68-51-33-13-7-27-45(51)46-28-8-14-34-52(46)68)64(70-55-37-17-11-31-49(55)50-32-12-18-38-56(50)70)66-65(63(61)69-53-35-15-9-29-47(53)48-30-10-16-36-54(48)69)71-59-41-21-19-39-57(59)67(44-25-5-2-6-26-44)58-40-20-22-42-60(58)71/h1-42H. The molecule has 4 aromatic heterocycles. The van der Waals surface area contributed by atoms with Crippen LogP contribution in [0.15, 0.2) is 255 Å². The van der Waals surface area contributed by atoms with Gasteiger partial charge in [0.25, 0.3) is 0 Å². The number of hydrogen-bond donors (Lipinski definition) is 0. The molecular weight excluding hydrogens is 865 g/mol. The number of para-hydroxylation sites is 11. The molecule has 0 bridgehead atoms. The molecule has 0 amide bonds. The molecule has 5 heterocycles. The van der Waals surface area contributed by atoms with Crippen molar-refractivity contribution in [3.05, 3.63) is 255 Å². The van der Waals surface area contributed by atoms with Crippen molar-refractivity contribution in [1.82, 2.24) is 18.7 Å². The first-order chi connectivity index (χ1) is 35.3. The number of hydrogen-bond acceptors (Lipinski definition) is 3. The fourth-order valence-corrected chi connectivity index (χ4v) is 11.7. The van der Waals surface area contributed by atoms with Gasteiger partial charge in [0, 0.05) is 43.6 Å². The van der Waals surface area contributed by atoms with E-state index >= 15 is 0 Å². The summed E-state index contributed by atoms with van der Waals surface area (Å²) in [6, 6.07) is 92.2. The fourth-order valence-electron chi connectivity index (χ4n) is 11.7. The van der Waals surface area contributed by atoms with Crippen molar-refractivity contribution in [3.8, 4) is 28.3 Å². The lowest BCUT2D eigenvalue weighted by Crippen LogP contribution is -2.26. The van der Waals surface area contributed by atoms with Gasteiger partial charge in [0.1, 0.15) is 11.4 Å². The Morgan fingerprint density at radius 2 is 0.535 bits per heavy atom. The molecule has 0 N–H and O–H groups in total. The molecule has 0 fully saturated rings. The van der Waals surface area contributed by atoms with E-state index in [0.717, 1.165) is 95.7 Å². The third-order valence-electron chi connectivity index (χ3n) is 14.5. The molecule has 6 nitrogen and oxygen atoms in total. The first-order valence-electron chi connectivity index (χ1n) is 24.2. The topological polar surface area (TPSA) is 34.2 Å². The Morgan fingerprint density at radius 1 is 0.239 bits per heavy atom. The lowest BCUT2D eigenvalue weighted by molar-refractivity contribution is 0.992. The Kier molecular flexibility index (Phi) is 8.56. The normalized spacial score (nSPS) is 12.5. The number of nitrogens with zero attached hydrogens (tertiary/aromatic N) is 6. The molecule has 6 heteroatoms. The second kappa shape index (κ2) is 15.4. The van der Waals surface area contributed by atoms with Crippen LogP contribution in [0.5, 0.6) is 0 Å². The van der Waals surface area contributed by atoms with Crippen molar-refractivity contribution in [1.29, 1.82) is 0 Å². The number of pyridine rings is 1. The van der Waals surface area contributed by atoms with Gasteiger partial charge in [-0.05, 0) is 78.4 Å². The molecule has 332 valence electrons. The molecule has 1 aliphatic rings. The monoisotopic (exact) mass is 906 g/mol. The highest BCUT2D eigenvalue weighted by Gasteiger charge is 2.37. The summed E-state index contributed by atoms with van der Waals surface area (Å²) in [6.45, 7) is 0. The van der Waals surface area contributed by atoms with Gasteiger partial charge in [-0.25, -0.2) is 4.98 Å². The van der Waals surface area contributed by atoms with Gasteiger partial charge in [0.15, 0.2) is 11.6 Å². The number of aromatic nitrogens is 4. The summed E-state index contributed by atoms with van der Waals surface area (Å²) < 4.78 is 7.42. The average molecular weight is 907 g/mol. The summed E-state index contributed by atoms with van der Waals surface area (Å²) in [7, 11) is 0. The van der Waals surface area contributed by atoms with Crippen LogP contribution >= 0.6 is 0 Å². The Hall–Kier alpha value is -9.65. The van der Waals surface area contributed by atoms with E-state index in [1.54, 1.807) is 0 Å². The molecule has 0 aliphatic carbocycles. The Labute approximate surface area is 409 Å². The Balaban J connectivity index is 1.23. The van der Waals surface area contributed by atoms with Crippen LogP contribution in [-0.2, 0) is 0 Å². The summed E-state index contributed by atoms with van der Waals surface area (Å²) in [5, 5.41) is 7.04. The van der Waals surface area contributed by atoms with E-state index in [2.05, 4.69) is 278 Å². The first kappa shape index (κ1) is 39.4. The molecule has 0 saturated heterocycles. The van der Waals surface area contributed by atoms with Crippen LogP contribution in [-0.4, -0.2) is 18.7 Å². The lowest BCUT2D eigenvalue weighted by atomic mass is 9.99. The second-order valence-electron chi connectivity index (χ2n) is 18.3. The first-order valence-corrected chi connectivity index (χ1v) is 24.2. The van der Waals surface area contributed by atoms with E-state index < -0.39 is 0 Å². The van der Waals surface area contributed by atoms with Crippen molar-refractivity contribution in [3.63, 3.8) is 0 Å². The summed E-state index contributed by atoms with van der Waals surface area (Å²) in [6.07, 6.45) is 0. The van der Waals surface area contributed by atoms with E-state index in [1.807, 2.05) is 0 Å². The molecule has 0 unspecified atom stereocenters. The minimum absolute atomic E-state index is 0.796. The van der Waals surface area contributed by atoms with Gasteiger partial charge in [0.05, 0.1) is 55.8 Å². The third kappa shape index (κ3) is 5.67. The minimum atomic E-state index is 0.796.